The maximum absolute atomic E-state index is 12.6. The molecule has 25 heavy (non-hydrogen) atoms. The quantitative estimate of drug-likeness (QED) is 0.893. The van der Waals surface area contributed by atoms with Crippen LogP contribution in [0, 0.1) is 6.92 Å². The standard InChI is InChI=1S/C19H25N3O2S/c1-12-9-15(23)14(10-20-12)18(24)22-7-5-13(6-8-22)17-21-16(11-25-17)19(2,3)4/h9-11,13H,5-8H2,1-4H3,(H,20,23). The minimum absolute atomic E-state index is 0.0673. The van der Waals surface area contributed by atoms with E-state index in [-0.39, 0.29) is 22.3 Å². The highest BCUT2D eigenvalue weighted by Gasteiger charge is 2.28. The van der Waals surface area contributed by atoms with Gasteiger partial charge in [-0.2, -0.15) is 0 Å². The van der Waals surface area contributed by atoms with Crippen LogP contribution in [-0.4, -0.2) is 33.9 Å². The van der Waals surface area contributed by atoms with Crippen molar-refractivity contribution in [3.05, 3.63) is 49.8 Å². The van der Waals surface area contributed by atoms with Crippen LogP contribution in [-0.2, 0) is 5.41 Å². The maximum Gasteiger partial charge on any atom is 0.259 e. The van der Waals surface area contributed by atoms with Crippen LogP contribution in [0.4, 0.5) is 0 Å². The fourth-order valence-corrected chi connectivity index (χ4v) is 4.28. The Morgan fingerprint density at radius 1 is 1.32 bits per heavy atom. The molecule has 1 aliphatic rings. The summed E-state index contributed by atoms with van der Waals surface area (Å²) in [5.74, 6) is 0.232. The SMILES string of the molecule is Cc1cc(=O)c(C(=O)N2CCC(c3nc(C(C)(C)C)cs3)CC2)c[nH]1. The summed E-state index contributed by atoms with van der Waals surface area (Å²) in [6.45, 7) is 9.66. The second-order valence-electron chi connectivity index (χ2n) is 7.78. The number of aromatic amines is 1. The molecule has 3 heterocycles. The number of hydrogen-bond acceptors (Lipinski definition) is 4. The first-order chi connectivity index (χ1) is 11.8. The summed E-state index contributed by atoms with van der Waals surface area (Å²) in [6.07, 6.45) is 3.32. The van der Waals surface area contributed by atoms with E-state index in [4.69, 9.17) is 4.98 Å². The van der Waals surface area contributed by atoms with Crippen molar-refractivity contribution in [2.45, 2.75) is 51.9 Å². The zero-order chi connectivity index (χ0) is 18.2. The van der Waals surface area contributed by atoms with Crippen molar-refractivity contribution in [1.82, 2.24) is 14.9 Å². The molecule has 3 rings (SSSR count). The van der Waals surface area contributed by atoms with E-state index >= 15 is 0 Å². The number of nitrogens with one attached hydrogen (secondary N) is 1. The fraction of sp³-hybridized carbons (Fsp3) is 0.526. The van der Waals surface area contributed by atoms with E-state index in [1.807, 2.05) is 0 Å². The van der Waals surface area contributed by atoms with E-state index in [0.717, 1.165) is 24.2 Å². The molecule has 0 radical (unpaired) electrons. The molecule has 6 heteroatoms. The number of H-pyrrole nitrogens is 1. The van der Waals surface area contributed by atoms with Crippen LogP contribution in [0.25, 0.3) is 0 Å². The summed E-state index contributed by atoms with van der Waals surface area (Å²) < 4.78 is 0. The first kappa shape index (κ1) is 17.9. The Bertz CT molecular complexity index is 824. The molecule has 2 aromatic rings. The summed E-state index contributed by atoms with van der Waals surface area (Å²) >= 11 is 1.72. The van der Waals surface area contributed by atoms with Gasteiger partial charge in [-0.3, -0.25) is 9.59 Å². The van der Waals surface area contributed by atoms with E-state index in [1.165, 1.54) is 17.3 Å². The third-order valence-corrected chi connectivity index (χ3v) is 5.72. The van der Waals surface area contributed by atoms with Gasteiger partial charge >= 0.3 is 0 Å². The largest absolute Gasteiger partial charge is 0.364 e. The number of carbonyl (C=O) groups excluding carboxylic acids is 1. The summed E-state index contributed by atoms with van der Waals surface area (Å²) in [5, 5.41) is 3.32. The van der Waals surface area contributed by atoms with Crippen molar-refractivity contribution < 1.29 is 4.79 Å². The topological polar surface area (TPSA) is 66.1 Å². The predicted octanol–water partition coefficient (Wildman–Crippen LogP) is 3.46. The summed E-state index contributed by atoms with van der Waals surface area (Å²) in [5.41, 5.74) is 1.99. The first-order valence-electron chi connectivity index (χ1n) is 8.70. The maximum atomic E-state index is 12.6. The van der Waals surface area contributed by atoms with Gasteiger partial charge < -0.3 is 9.88 Å². The van der Waals surface area contributed by atoms with Crippen LogP contribution in [0.15, 0.2) is 22.4 Å². The highest BCUT2D eigenvalue weighted by molar-refractivity contribution is 7.09. The van der Waals surface area contributed by atoms with Crippen molar-refractivity contribution in [1.29, 1.82) is 0 Å². The van der Waals surface area contributed by atoms with Gasteiger partial charge in [0.05, 0.1) is 10.7 Å². The van der Waals surface area contributed by atoms with Crippen molar-refractivity contribution in [3.63, 3.8) is 0 Å². The summed E-state index contributed by atoms with van der Waals surface area (Å²) in [7, 11) is 0. The smallest absolute Gasteiger partial charge is 0.259 e. The molecule has 0 aliphatic carbocycles. The molecule has 0 bridgehead atoms. The number of piperidine rings is 1. The molecule has 2 aromatic heterocycles. The molecule has 0 aromatic carbocycles. The van der Waals surface area contributed by atoms with Gasteiger partial charge in [0.1, 0.15) is 5.56 Å². The average Bonchev–Trinajstić information content (AvgIpc) is 3.05. The van der Waals surface area contributed by atoms with Gasteiger partial charge in [0.15, 0.2) is 5.43 Å². The number of amides is 1. The van der Waals surface area contributed by atoms with Crippen molar-refractivity contribution >= 4 is 17.2 Å². The minimum atomic E-state index is -0.210. The molecule has 1 aliphatic heterocycles. The zero-order valence-corrected chi connectivity index (χ0v) is 16.1. The van der Waals surface area contributed by atoms with Crippen LogP contribution in [0.1, 0.15) is 66.3 Å². The number of nitrogens with zero attached hydrogens (tertiary/aromatic N) is 2. The van der Waals surface area contributed by atoms with Crippen molar-refractivity contribution in [2.75, 3.05) is 13.1 Å². The fourth-order valence-electron chi connectivity index (χ4n) is 3.06. The lowest BCUT2D eigenvalue weighted by Crippen LogP contribution is -2.39. The highest BCUT2D eigenvalue weighted by atomic mass is 32.1. The Balaban J connectivity index is 1.66. The van der Waals surface area contributed by atoms with E-state index < -0.39 is 0 Å². The van der Waals surface area contributed by atoms with Crippen molar-refractivity contribution in [2.24, 2.45) is 0 Å². The number of thiazole rings is 1. The molecule has 1 saturated heterocycles. The molecule has 0 unspecified atom stereocenters. The summed E-state index contributed by atoms with van der Waals surface area (Å²) in [6, 6.07) is 1.48. The number of aromatic nitrogens is 2. The highest BCUT2D eigenvalue weighted by Crippen LogP contribution is 2.33. The Labute approximate surface area is 152 Å². The number of likely N-dealkylation sites (tertiary alicyclic amines) is 1. The van der Waals surface area contributed by atoms with Crippen LogP contribution < -0.4 is 5.43 Å². The Kier molecular flexibility index (Phi) is 4.82. The molecule has 134 valence electrons. The number of carbonyl (C=O) groups is 1. The van der Waals surface area contributed by atoms with Gasteiger partial charge in [-0.15, -0.1) is 11.3 Å². The summed E-state index contributed by atoms with van der Waals surface area (Å²) in [4.78, 5) is 34.2. The van der Waals surface area contributed by atoms with Gasteiger partial charge in [-0.25, -0.2) is 4.98 Å². The average molecular weight is 359 g/mol. The van der Waals surface area contributed by atoms with E-state index in [2.05, 4.69) is 31.1 Å². The molecule has 5 nitrogen and oxygen atoms in total. The van der Waals surface area contributed by atoms with Crippen LogP contribution in [0.2, 0.25) is 0 Å². The van der Waals surface area contributed by atoms with E-state index in [0.29, 0.717) is 19.0 Å². The Morgan fingerprint density at radius 2 is 2.00 bits per heavy atom. The lowest BCUT2D eigenvalue weighted by atomic mass is 9.93. The minimum Gasteiger partial charge on any atom is -0.364 e. The lowest BCUT2D eigenvalue weighted by Gasteiger charge is -2.31. The second-order valence-corrected chi connectivity index (χ2v) is 8.67. The number of pyridine rings is 1. The third kappa shape index (κ3) is 3.84. The van der Waals surface area contributed by atoms with Crippen LogP contribution in [0.5, 0.6) is 0 Å². The molecule has 0 saturated carbocycles. The normalized spacial score (nSPS) is 16.2. The van der Waals surface area contributed by atoms with Crippen LogP contribution >= 0.6 is 11.3 Å². The van der Waals surface area contributed by atoms with E-state index in [9.17, 15) is 9.59 Å². The molecule has 1 fully saturated rings. The van der Waals surface area contributed by atoms with Gasteiger partial charge in [0, 0.05) is 47.8 Å². The van der Waals surface area contributed by atoms with E-state index in [1.54, 1.807) is 23.2 Å². The monoisotopic (exact) mass is 359 g/mol. The van der Waals surface area contributed by atoms with Gasteiger partial charge in [-0.05, 0) is 19.8 Å². The lowest BCUT2D eigenvalue weighted by molar-refractivity contribution is 0.0711. The molecule has 1 N–H and O–H groups in total. The van der Waals surface area contributed by atoms with Gasteiger partial charge in [0.2, 0.25) is 0 Å². The predicted molar refractivity (Wildman–Crippen MR) is 100 cm³/mol. The van der Waals surface area contributed by atoms with Gasteiger partial charge in [0.25, 0.3) is 5.91 Å². The Hall–Kier alpha value is -1.95. The Morgan fingerprint density at radius 3 is 2.56 bits per heavy atom. The van der Waals surface area contributed by atoms with Gasteiger partial charge in [-0.1, -0.05) is 20.8 Å². The number of aryl methyl sites for hydroxylation is 1. The first-order valence-corrected chi connectivity index (χ1v) is 9.58. The molecule has 0 spiro atoms. The molecular formula is C19H25N3O2S. The molecule has 0 atom stereocenters. The molecule has 1 amide bonds. The molecular weight excluding hydrogens is 334 g/mol. The number of hydrogen-bond donors (Lipinski definition) is 1. The zero-order valence-electron chi connectivity index (χ0n) is 15.3. The number of rotatable bonds is 2. The third-order valence-electron chi connectivity index (χ3n) is 4.71. The van der Waals surface area contributed by atoms with Crippen LogP contribution in [0.3, 0.4) is 0 Å². The second kappa shape index (κ2) is 6.75. The van der Waals surface area contributed by atoms with Crippen molar-refractivity contribution in [3.8, 4) is 0 Å².